The quantitative estimate of drug-likeness (QED) is 0.291. The molecule has 0 saturated carbocycles. The van der Waals surface area contributed by atoms with Crippen LogP contribution in [0.3, 0.4) is 0 Å². The van der Waals surface area contributed by atoms with Crippen LogP contribution in [0.15, 0.2) is 121 Å². The van der Waals surface area contributed by atoms with Gasteiger partial charge in [0.2, 0.25) is 0 Å². The molecule has 0 fully saturated rings. The van der Waals surface area contributed by atoms with E-state index in [0.29, 0.717) is 0 Å². The molecule has 0 heterocycles. The summed E-state index contributed by atoms with van der Waals surface area (Å²) in [5, 5.41) is 4.84. The molecule has 4 aromatic rings. The fourth-order valence-electron chi connectivity index (χ4n) is 3.30. The van der Waals surface area contributed by atoms with Gasteiger partial charge >= 0.3 is 0 Å². The maximum Gasteiger partial charge on any atom is 0.0922 e. The Balaban J connectivity index is 1.55. The highest BCUT2D eigenvalue weighted by atomic mass is 31.1. The van der Waals surface area contributed by atoms with Gasteiger partial charge in [-0.2, -0.15) is 0 Å². The van der Waals surface area contributed by atoms with Crippen molar-refractivity contribution in [1.82, 2.24) is 0 Å². The SMILES string of the molecule is CC(OP(c1ccccc1)c1ccccc1)C(C)OP(c1ccccc1)c1ccccc1. The van der Waals surface area contributed by atoms with Crippen LogP contribution < -0.4 is 21.2 Å². The summed E-state index contributed by atoms with van der Waals surface area (Å²) >= 11 is 0. The average Bonchev–Trinajstić information content (AvgIpc) is 2.87. The van der Waals surface area contributed by atoms with Gasteiger partial charge < -0.3 is 9.05 Å². The molecule has 2 nitrogen and oxygen atoms in total. The summed E-state index contributed by atoms with van der Waals surface area (Å²) in [4.78, 5) is 0. The highest BCUT2D eigenvalue weighted by Crippen LogP contribution is 2.41. The average molecular weight is 458 g/mol. The van der Waals surface area contributed by atoms with Crippen LogP contribution in [0.1, 0.15) is 13.8 Å². The van der Waals surface area contributed by atoms with E-state index in [1.54, 1.807) is 0 Å². The molecule has 0 aliphatic carbocycles. The second-order valence-corrected chi connectivity index (χ2v) is 11.2. The molecule has 4 aromatic carbocycles. The van der Waals surface area contributed by atoms with Gasteiger partial charge in [-0.1, -0.05) is 121 Å². The second-order valence-electron chi connectivity index (χ2n) is 7.55. The maximum absolute atomic E-state index is 6.71. The lowest BCUT2D eigenvalue weighted by Gasteiger charge is -2.30. The Morgan fingerprint density at radius 3 is 0.844 bits per heavy atom. The van der Waals surface area contributed by atoms with Crippen molar-refractivity contribution < 1.29 is 9.05 Å². The van der Waals surface area contributed by atoms with Gasteiger partial charge in [0.1, 0.15) is 0 Å². The van der Waals surface area contributed by atoms with E-state index in [1.165, 1.54) is 21.2 Å². The third-order valence-electron chi connectivity index (χ3n) is 5.17. The van der Waals surface area contributed by atoms with Crippen molar-refractivity contribution in [2.45, 2.75) is 26.1 Å². The summed E-state index contributed by atoms with van der Waals surface area (Å²) in [6.45, 7) is 4.24. The maximum atomic E-state index is 6.71. The van der Waals surface area contributed by atoms with Gasteiger partial charge in [-0.3, -0.25) is 0 Å². The van der Waals surface area contributed by atoms with Crippen LogP contribution >= 0.6 is 16.3 Å². The van der Waals surface area contributed by atoms with E-state index in [-0.39, 0.29) is 12.2 Å². The minimum absolute atomic E-state index is 0.0704. The second kappa shape index (κ2) is 11.5. The number of rotatable bonds is 9. The molecule has 4 heteroatoms. The summed E-state index contributed by atoms with van der Waals surface area (Å²) in [6, 6.07) is 42.0. The Morgan fingerprint density at radius 1 is 0.406 bits per heavy atom. The van der Waals surface area contributed by atoms with Crippen LogP contribution in [0.4, 0.5) is 0 Å². The normalized spacial score (nSPS) is 13.2. The molecule has 0 aromatic heterocycles. The van der Waals surface area contributed by atoms with Crippen molar-refractivity contribution in [2.75, 3.05) is 0 Å². The zero-order valence-corrected chi connectivity index (χ0v) is 20.2. The van der Waals surface area contributed by atoms with E-state index in [1.807, 2.05) is 24.3 Å². The Bertz CT molecular complexity index is 892. The molecular weight excluding hydrogens is 430 g/mol. The van der Waals surface area contributed by atoms with Crippen LogP contribution in [0.5, 0.6) is 0 Å². The molecule has 0 saturated heterocycles. The van der Waals surface area contributed by atoms with E-state index in [0.717, 1.165) is 0 Å². The van der Waals surface area contributed by atoms with E-state index in [4.69, 9.17) is 9.05 Å². The Hall–Kier alpha value is -2.34. The van der Waals surface area contributed by atoms with Gasteiger partial charge in [-0.15, -0.1) is 0 Å². The molecule has 0 amide bonds. The molecule has 2 atom stereocenters. The minimum atomic E-state index is -0.929. The first-order valence-corrected chi connectivity index (χ1v) is 13.4. The van der Waals surface area contributed by atoms with E-state index < -0.39 is 16.3 Å². The van der Waals surface area contributed by atoms with Crippen molar-refractivity contribution in [3.63, 3.8) is 0 Å². The van der Waals surface area contributed by atoms with Gasteiger partial charge in [-0.05, 0) is 13.8 Å². The molecule has 0 aliphatic heterocycles. The standard InChI is InChI=1S/C28H28O2P2/c1-23(29-31(25-15-7-3-8-16-25)26-17-9-4-10-18-26)24(2)30-32(27-19-11-5-12-20-27)28-21-13-6-14-22-28/h3-24H,1-2H3. The zero-order valence-electron chi connectivity index (χ0n) is 18.4. The Labute approximate surface area is 193 Å². The highest BCUT2D eigenvalue weighted by Gasteiger charge is 2.26. The van der Waals surface area contributed by atoms with Crippen molar-refractivity contribution in [1.29, 1.82) is 0 Å². The van der Waals surface area contributed by atoms with Crippen molar-refractivity contribution in [3.8, 4) is 0 Å². The molecule has 0 N–H and O–H groups in total. The largest absolute Gasteiger partial charge is 0.344 e. The molecule has 0 aliphatic rings. The van der Waals surface area contributed by atoms with Crippen molar-refractivity contribution in [3.05, 3.63) is 121 Å². The Morgan fingerprint density at radius 2 is 0.625 bits per heavy atom. The lowest BCUT2D eigenvalue weighted by molar-refractivity contribution is 0.102. The third kappa shape index (κ3) is 5.91. The monoisotopic (exact) mass is 458 g/mol. The summed E-state index contributed by atoms with van der Waals surface area (Å²) < 4.78 is 13.4. The first kappa shape index (κ1) is 22.8. The number of hydrogen-bond donors (Lipinski definition) is 0. The van der Waals surface area contributed by atoms with Crippen LogP contribution in [0, 0.1) is 0 Å². The van der Waals surface area contributed by atoms with Crippen LogP contribution in [-0.4, -0.2) is 12.2 Å². The number of benzene rings is 4. The molecule has 4 rings (SSSR count). The van der Waals surface area contributed by atoms with Gasteiger partial charge in [0.25, 0.3) is 0 Å². The van der Waals surface area contributed by atoms with Gasteiger partial charge in [-0.25, -0.2) is 0 Å². The molecule has 0 radical (unpaired) electrons. The molecule has 162 valence electrons. The zero-order chi connectivity index (χ0) is 22.2. The predicted octanol–water partition coefficient (Wildman–Crippen LogP) is 5.89. The van der Waals surface area contributed by atoms with Crippen molar-refractivity contribution >= 4 is 37.5 Å². The molecule has 2 unspecified atom stereocenters. The lowest BCUT2D eigenvalue weighted by atomic mass is 10.3. The molecular formula is C28H28O2P2. The van der Waals surface area contributed by atoms with E-state index in [2.05, 4.69) is 111 Å². The van der Waals surface area contributed by atoms with E-state index in [9.17, 15) is 0 Å². The van der Waals surface area contributed by atoms with Gasteiger partial charge in [0, 0.05) is 21.2 Å². The highest BCUT2D eigenvalue weighted by molar-refractivity contribution is 7.69. The fourth-order valence-corrected chi connectivity index (χ4v) is 7.16. The lowest BCUT2D eigenvalue weighted by Crippen LogP contribution is -2.29. The summed E-state index contributed by atoms with van der Waals surface area (Å²) in [7, 11) is -1.86. The topological polar surface area (TPSA) is 18.5 Å². The molecule has 32 heavy (non-hydrogen) atoms. The summed E-state index contributed by atoms with van der Waals surface area (Å²) in [5.74, 6) is 0. The first-order chi connectivity index (χ1) is 15.7. The van der Waals surface area contributed by atoms with Crippen LogP contribution in [0.25, 0.3) is 0 Å². The summed E-state index contributed by atoms with van der Waals surface area (Å²) in [6.07, 6.45) is -0.141. The van der Waals surface area contributed by atoms with Crippen LogP contribution in [0.2, 0.25) is 0 Å². The van der Waals surface area contributed by atoms with E-state index >= 15 is 0 Å². The third-order valence-corrected chi connectivity index (χ3v) is 9.32. The van der Waals surface area contributed by atoms with Crippen molar-refractivity contribution in [2.24, 2.45) is 0 Å². The first-order valence-electron chi connectivity index (χ1n) is 10.9. The Kier molecular flexibility index (Phi) is 8.21. The smallest absolute Gasteiger partial charge is 0.0922 e. The van der Waals surface area contributed by atoms with Crippen LogP contribution in [-0.2, 0) is 9.05 Å². The molecule has 0 bridgehead atoms. The molecule has 0 spiro atoms. The van der Waals surface area contributed by atoms with Gasteiger partial charge in [0.05, 0.1) is 28.5 Å². The summed E-state index contributed by atoms with van der Waals surface area (Å²) in [5.41, 5.74) is 0. The minimum Gasteiger partial charge on any atom is -0.344 e. The fraction of sp³-hybridized carbons (Fsp3) is 0.143. The number of hydrogen-bond acceptors (Lipinski definition) is 2. The van der Waals surface area contributed by atoms with Gasteiger partial charge in [0.15, 0.2) is 0 Å². The predicted molar refractivity (Wildman–Crippen MR) is 139 cm³/mol.